The molecule has 2 nitrogen and oxygen atoms in total. The monoisotopic (exact) mass is 244 g/mol. The van der Waals surface area contributed by atoms with Crippen molar-refractivity contribution in [1.29, 1.82) is 0 Å². The van der Waals surface area contributed by atoms with Crippen molar-refractivity contribution in [2.24, 2.45) is 5.41 Å². The zero-order valence-electron chi connectivity index (χ0n) is 10.9. The fourth-order valence-corrected chi connectivity index (χ4v) is 3.69. The third-order valence-corrected chi connectivity index (χ3v) is 5.13. The lowest BCUT2D eigenvalue weighted by Gasteiger charge is -2.51. The van der Waals surface area contributed by atoms with Crippen molar-refractivity contribution in [2.45, 2.75) is 44.1 Å². The fourth-order valence-electron chi connectivity index (χ4n) is 3.69. The molecule has 0 aromatic heterocycles. The molecule has 3 aliphatic carbocycles. The Kier molecular flexibility index (Phi) is 2.78. The minimum absolute atomic E-state index is 0.0821. The van der Waals surface area contributed by atoms with E-state index >= 15 is 0 Å². The van der Waals surface area contributed by atoms with Crippen LogP contribution >= 0.6 is 0 Å². The second kappa shape index (κ2) is 4.20. The van der Waals surface area contributed by atoms with Crippen molar-refractivity contribution in [1.82, 2.24) is 0 Å². The van der Waals surface area contributed by atoms with Crippen LogP contribution in [0.25, 0.3) is 0 Å². The highest BCUT2D eigenvalue weighted by molar-refractivity contribution is 6.00. The highest BCUT2D eigenvalue weighted by Gasteiger charge is 2.52. The number of Topliss-reactive ketones (excluding diaryl/α,β-unsaturated/α-hetero) is 1. The first-order chi connectivity index (χ1) is 8.70. The van der Waals surface area contributed by atoms with Crippen LogP contribution in [0.5, 0.6) is 0 Å². The van der Waals surface area contributed by atoms with E-state index in [1.807, 2.05) is 37.4 Å². The van der Waals surface area contributed by atoms with Gasteiger partial charge in [-0.2, -0.15) is 0 Å². The van der Waals surface area contributed by atoms with Crippen LogP contribution in [0.3, 0.4) is 0 Å². The van der Waals surface area contributed by atoms with Gasteiger partial charge >= 0.3 is 0 Å². The molecule has 3 saturated carbocycles. The van der Waals surface area contributed by atoms with E-state index in [0.717, 1.165) is 44.1 Å². The van der Waals surface area contributed by atoms with Gasteiger partial charge in [-0.15, -0.1) is 0 Å². The SMILES string of the molecule is COC12CCC(C(=O)c3ccccc3)(CC1)CC2. The second-order valence-corrected chi connectivity index (χ2v) is 5.86. The molecule has 2 bridgehead atoms. The molecule has 3 fully saturated rings. The maximum Gasteiger partial charge on any atom is 0.169 e. The average Bonchev–Trinajstić information content (AvgIpc) is 2.49. The predicted molar refractivity (Wildman–Crippen MR) is 70.6 cm³/mol. The summed E-state index contributed by atoms with van der Waals surface area (Å²) in [4.78, 5) is 12.7. The molecule has 18 heavy (non-hydrogen) atoms. The maximum absolute atomic E-state index is 12.7. The molecule has 1 aromatic rings. The zero-order chi connectivity index (χ0) is 12.6. The Hall–Kier alpha value is -1.15. The fraction of sp³-hybridized carbons (Fsp3) is 0.562. The number of ketones is 1. The van der Waals surface area contributed by atoms with Gasteiger partial charge in [-0.3, -0.25) is 4.79 Å². The van der Waals surface area contributed by atoms with Crippen LogP contribution in [-0.2, 0) is 4.74 Å². The number of methoxy groups -OCH3 is 1. The average molecular weight is 244 g/mol. The standard InChI is InChI=1S/C16H20O2/c1-18-16-10-7-15(8-11-16,9-12-16)14(17)13-5-3-2-4-6-13/h2-6H,7-12H2,1H3. The van der Waals surface area contributed by atoms with Gasteiger partial charge in [0.15, 0.2) is 5.78 Å². The summed E-state index contributed by atoms with van der Waals surface area (Å²) in [7, 11) is 1.82. The Morgan fingerprint density at radius 1 is 1.00 bits per heavy atom. The van der Waals surface area contributed by atoms with Crippen molar-refractivity contribution in [3.63, 3.8) is 0 Å². The molecular formula is C16H20O2. The molecule has 0 spiro atoms. The third kappa shape index (κ3) is 1.71. The molecule has 0 unspecified atom stereocenters. The molecule has 96 valence electrons. The molecule has 0 saturated heterocycles. The van der Waals surface area contributed by atoms with Gasteiger partial charge in [-0.1, -0.05) is 30.3 Å². The Bertz CT molecular complexity index is 425. The van der Waals surface area contributed by atoms with E-state index in [9.17, 15) is 4.79 Å². The number of ether oxygens (including phenoxy) is 1. The first kappa shape index (κ1) is 11.9. The smallest absolute Gasteiger partial charge is 0.169 e. The number of hydrogen-bond acceptors (Lipinski definition) is 2. The molecule has 0 aliphatic heterocycles. The van der Waals surface area contributed by atoms with Crippen molar-refractivity contribution in [2.75, 3.05) is 7.11 Å². The minimum atomic E-state index is -0.0956. The van der Waals surface area contributed by atoms with Crippen LogP contribution in [0.1, 0.15) is 48.9 Å². The summed E-state index contributed by atoms with van der Waals surface area (Å²) in [6.07, 6.45) is 6.12. The number of carbonyl (C=O) groups excluding carboxylic acids is 1. The molecule has 2 heteroatoms. The molecule has 0 radical (unpaired) electrons. The van der Waals surface area contributed by atoms with E-state index in [1.165, 1.54) is 0 Å². The normalized spacial score (nSPS) is 34.5. The van der Waals surface area contributed by atoms with Gasteiger partial charge < -0.3 is 4.74 Å². The summed E-state index contributed by atoms with van der Waals surface area (Å²) in [6.45, 7) is 0. The number of rotatable bonds is 3. The van der Waals surface area contributed by atoms with Crippen LogP contribution in [0.2, 0.25) is 0 Å². The second-order valence-electron chi connectivity index (χ2n) is 5.86. The summed E-state index contributed by atoms with van der Waals surface area (Å²) in [5.74, 6) is 0.354. The van der Waals surface area contributed by atoms with E-state index in [2.05, 4.69) is 0 Å². The largest absolute Gasteiger partial charge is 0.378 e. The molecule has 0 amide bonds. The van der Waals surface area contributed by atoms with Gasteiger partial charge in [0.05, 0.1) is 5.60 Å². The molecule has 0 N–H and O–H groups in total. The summed E-state index contributed by atoms with van der Waals surface area (Å²) in [6, 6.07) is 9.77. The van der Waals surface area contributed by atoms with E-state index in [4.69, 9.17) is 4.74 Å². The Balaban J connectivity index is 1.84. The highest BCUT2D eigenvalue weighted by atomic mass is 16.5. The number of benzene rings is 1. The van der Waals surface area contributed by atoms with E-state index in [0.29, 0.717) is 5.78 Å². The van der Waals surface area contributed by atoms with Gasteiger partial charge in [-0.05, 0) is 38.5 Å². The van der Waals surface area contributed by atoms with Crippen LogP contribution in [0, 0.1) is 5.41 Å². The Labute approximate surface area is 108 Å². The summed E-state index contributed by atoms with van der Waals surface area (Å²) < 4.78 is 5.68. The van der Waals surface area contributed by atoms with Crippen LogP contribution in [-0.4, -0.2) is 18.5 Å². The number of hydrogen-bond donors (Lipinski definition) is 0. The van der Waals surface area contributed by atoms with E-state index < -0.39 is 0 Å². The molecule has 4 rings (SSSR count). The van der Waals surface area contributed by atoms with Gasteiger partial charge in [0.1, 0.15) is 0 Å². The number of carbonyl (C=O) groups is 1. The van der Waals surface area contributed by atoms with Gasteiger partial charge in [-0.25, -0.2) is 0 Å². The van der Waals surface area contributed by atoms with Gasteiger partial charge in [0.2, 0.25) is 0 Å². The van der Waals surface area contributed by atoms with Crippen molar-refractivity contribution in [3.8, 4) is 0 Å². The van der Waals surface area contributed by atoms with E-state index in [1.54, 1.807) is 0 Å². The third-order valence-electron chi connectivity index (χ3n) is 5.13. The van der Waals surface area contributed by atoms with Gasteiger partial charge in [0.25, 0.3) is 0 Å². The van der Waals surface area contributed by atoms with Gasteiger partial charge in [0, 0.05) is 18.1 Å². The quantitative estimate of drug-likeness (QED) is 0.759. The first-order valence-electron chi connectivity index (χ1n) is 6.85. The predicted octanol–water partition coefficient (Wildman–Crippen LogP) is 3.61. The summed E-state index contributed by atoms with van der Waals surface area (Å²) in [5.41, 5.74) is 0.865. The van der Waals surface area contributed by atoms with Crippen molar-refractivity contribution >= 4 is 5.78 Å². The summed E-state index contributed by atoms with van der Waals surface area (Å²) >= 11 is 0. The molecule has 3 aliphatic rings. The molecule has 0 atom stereocenters. The van der Waals surface area contributed by atoms with Crippen molar-refractivity contribution < 1.29 is 9.53 Å². The lowest BCUT2D eigenvalue weighted by molar-refractivity contribution is -0.105. The van der Waals surface area contributed by atoms with Crippen LogP contribution < -0.4 is 0 Å². The van der Waals surface area contributed by atoms with Crippen LogP contribution in [0.15, 0.2) is 30.3 Å². The minimum Gasteiger partial charge on any atom is -0.378 e. The lowest BCUT2D eigenvalue weighted by atomic mass is 9.56. The van der Waals surface area contributed by atoms with Crippen LogP contribution in [0.4, 0.5) is 0 Å². The highest BCUT2D eigenvalue weighted by Crippen LogP contribution is 2.54. The molecule has 1 aromatic carbocycles. The Morgan fingerprint density at radius 2 is 1.56 bits per heavy atom. The number of fused-ring (bicyclic) bond motifs is 3. The maximum atomic E-state index is 12.7. The molecule has 0 heterocycles. The lowest BCUT2D eigenvalue weighted by Crippen LogP contribution is -2.50. The zero-order valence-corrected chi connectivity index (χ0v) is 10.9. The topological polar surface area (TPSA) is 26.3 Å². The van der Waals surface area contributed by atoms with Crippen molar-refractivity contribution in [3.05, 3.63) is 35.9 Å². The molecular weight excluding hydrogens is 224 g/mol. The first-order valence-corrected chi connectivity index (χ1v) is 6.85. The Morgan fingerprint density at radius 3 is 2.06 bits per heavy atom. The van der Waals surface area contributed by atoms with E-state index in [-0.39, 0.29) is 11.0 Å². The summed E-state index contributed by atoms with van der Waals surface area (Å²) in [5, 5.41) is 0.